The summed E-state index contributed by atoms with van der Waals surface area (Å²) in [7, 11) is 6.16. The summed E-state index contributed by atoms with van der Waals surface area (Å²) >= 11 is 0. The van der Waals surface area contributed by atoms with Crippen LogP contribution in [0.4, 0.5) is 11.4 Å². The average Bonchev–Trinajstić information content (AvgIpc) is 2.57. The van der Waals surface area contributed by atoms with Crippen molar-refractivity contribution in [3.63, 3.8) is 0 Å². The summed E-state index contributed by atoms with van der Waals surface area (Å²) in [6, 6.07) is 11.6. The topological polar surface area (TPSA) is 35.6 Å². The van der Waals surface area contributed by atoms with Crippen LogP contribution in [-0.2, 0) is 0 Å². The van der Waals surface area contributed by atoms with Crippen LogP contribution in [0, 0.1) is 20.8 Å². The predicted octanol–water partition coefficient (Wildman–Crippen LogP) is 4.00. The highest BCUT2D eigenvalue weighted by Crippen LogP contribution is 2.23. The number of anilines is 2. The largest absolute Gasteiger partial charge is 0.374 e. The molecule has 0 heterocycles. The summed E-state index contributed by atoms with van der Waals surface area (Å²) in [4.78, 5) is 17.2. The van der Waals surface area contributed by atoms with Crippen LogP contribution in [0.5, 0.6) is 0 Å². The van der Waals surface area contributed by atoms with Gasteiger partial charge in [0.25, 0.3) is 5.91 Å². The van der Waals surface area contributed by atoms with Crippen molar-refractivity contribution >= 4 is 17.3 Å². The summed E-state index contributed by atoms with van der Waals surface area (Å²) in [6.07, 6.45) is 1.03. The number of hydrogen-bond donors (Lipinski definition) is 1. The number of benzene rings is 2. The first-order valence-corrected chi connectivity index (χ1v) is 8.92. The molecule has 0 aromatic heterocycles. The van der Waals surface area contributed by atoms with Gasteiger partial charge in [0.1, 0.15) is 0 Å². The van der Waals surface area contributed by atoms with Crippen LogP contribution in [0.25, 0.3) is 0 Å². The number of rotatable bonds is 7. The lowest BCUT2D eigenvalue weighted by atomic mass is 10.1. The molecule has 0 atom stereocenters. The van der Waals surface area contributed by atoms with Gasteiger partial charge < -0.3 is 15.1 Å². The Morgan fingerprint density at radius 2 is 1.77 bits per heavy atom. The van der Waals surface area contributed by atoms with E-state index in [1.165, 1.54) is 0 Å². The molecule has 0 aliphatic rings. The summed E-state index contributed by atoms with van der Waals surface area (Å²) in [5.41, 5.74) is 5.06. The highest BCUT2D eigenvalue weighted by molar-refractivity contribution is 6.08. The Balaban J connectivity index is 2.19. The number of carbonyl (C=O) groups is 1. The molecule has 0 unspecified atom stereocenters. The Morgan fingerprint density at radius 1 is 1.04 bits per heavy atom. The lowest BCUT2D eigenvalue weighted by molar-refractivity contribution is 0.102. The van der Waals surface area contributed by atoms with Crippen molar-refractivity contribution in [2.45, 2.75) is 20.3 Å². The maximum Gasteiger partial charge on any atom is 0.257 e. The van der Waals surface area contributed by atoms with E-state index >= 15 is 0 Å². The molecule has 0 saturated heterocycles. The Morgan fingerprint density at radius 3 is 2.42 bits per heavy atom. The van der Waals surface area contributed by atoms with Crippen molar-refractivity contribution in [1.82, 2.24) is 4.90 Å². The average molecular weight is 351 g/mol. The van der Waals surface area contributed by atoms with Crippen LogP contribution in [-0.4, -0.2) is 45.0 Å². The van der Waals surface area contributed by atoms with Crippen LogP contribution in [0.3, 0.4) is 0 Å². The van der Waals surface area contributed by atoms with E-state index in [1.807, 2.05) is 51.2 Å². The Hall–Kier alpha value is -2.33. The first kappa shape index (κ1) is 20.0. The third-order valence-corrected chi connectivity index (χ3v) is 4.44. The van der Waals surface area contributed by atoms with Crippen molar-refractivity contribution < 1.29 is 4.79 Å². The van der Waals surface area contributed by atoms with Gasteiger partial charge in [0.2, 0.25) is 0 Å². The molecule has 0 spiro atoms. The van der Waals surface area contributed by atoms with E-state index in [9.17, 15) is 4.79 Å². The highest BCUT2D eigenvalue weighted by Gasteiger charge is 2.15. The number of amides is 1. The minimum atomic E-state index is -0.119. The van der Waals surface area contributed by atoms with Crippen LogP contribution in [0.1, 0.15) is 33.5 Å². The fraction of sp³-hybridized carbons (Fsp3) is 0.364. The zero-order valence-electron chi connectivity index (χ0n) is 16.5. The first-order chi connectivity index (χ1) is 12.3. The number of aryl methyl sites for hydroxylation is 2. The molecule has 0 aliphatic carbocycles. The standard InChI is InChI=1S/C22H29N3O/c1-16-8-11-21(25(6)13-7-12-24(4)5)20(14-16)22(26)23-19-10-9-17(2)18(3)15-19/h3,8-11,14-15H,7,12-13H2,1-2,4-6H3,(H,23,26). The monoisotopic (exact) mass is 351 g/mol. The first-order valence-electron chi connectivity index (χ1n) is 8.92. The smallest absolute Gasteiger partial charge is 0.257 e. The minimum Gasteiger partial charge on any atom is -0.374 e. The second kappa shape index (κ2) is 8.86. The van der Waals surface area contributed by atoms with E-state index in [1.54, 1.807) is 6.07 Å². The van der Waals surface area contributed by atoms with Crippen molar-refractivity contribution in [1.29, 1.82) is 0 Å². The zero-order chi connectivity index (χ0) is 19.3. The van der Waals surface area contributed by atoms with Gasteiger partial charge in [0, 0.05) is 25.0 Å². The molecule has 1 N–H and O–H groups in total. The van der Waals surface area contributed by atoms with E-state index in [2.05, 4.69) is 29.2 Å². The van der Waals surface area contributed by atoms with Gasteiger partial charge >= 0.3 is 0 Å². The van der Waals surface area contributed by atoms with Crippen LogP contribution in [0.15, 0.2) is 36.4 Å². The minimum absolute atomic E-state index is 0.119. The summed E-state index contributed by atoms with van der Waals surface area (Å²) in [6.45, 7) is 11.8. The van der Waals surface area contributed by atoms with Crippen molar-refractivity contribution in [3.05, 3.63) is 65.6 Å². The Bertz CT molecular complexity index is 768. The lowest BCUT2D eigenvalue weighted by Crippen LogP contribution is -2.26. The molecule has 4 heteroatoms. The number of nitrogens with one attached hydrogen (secondary N) is 1. The molecule has 2 aromatic rings. The van der Waals surface area contributed by atoms with Gasteiger partial charge in [-0.3, -0.25) is 4.79 Å². The molecule has 1 amide bonds. The number of nitrogens with zero attached hydrogens (tertiary/aromatic N) is 2. The Labute approximate surface area is 157 Å². The van der Waals surface area contributed by atoms with Gasteiger partial charge in [-0.05, 0) is 83.2 Å². The van der Waals surface area contributed by atoms with Crippen LogP contribution < -0.4 is 10.2 Å². The molecule has 2 radical (unpaired) electrons. The van der Waals surface area contributed by atoms with Gasteiger partial charge in [-0.2, -0.15) is 0 Å². The van der Waals surface area contributed by atoms with Gasteiger partial charge in [-0.1, -0.05) is 17.7 Å². The van der Waals surface area contributed by atoms with Crippen LogP contribution in [0.2, 0.25) is 0 Å². The normalized spacial score (nSPS) is 10.9. The molecule has 2 aromatic carbocycles. The summed E-state index contributed by atoms with van der Waals surface area (Å²) in [5, 5.41) is 2.97. The summed E-state index contributed by atoms with van der Waals surface area (Å²) in [5.74, 6) is -0.119. The van der Waals surface area contributed by atoms with Crippen LogP contribution >= 0.6 is 0 Å². The SMILES string of the molecule is [CH]c1cc(NC(=O)c2cc(C)ccc2N(C)CCCN(C)C)ccc1C. The predicted molar refractivity (Wildman–Crippen MR) is 110 cm³/mol. The maximum absolute atomic E-state index is 12.9. The van der Waals surface area contributed by atoms with E-state index in [0.29, 0.717) is 16.8 Å². The number of carbonyl (C=O) groups excluding carboxylic acids is 1. The quantitative estimate of drug-likeness (QED) is 0.819. The molecule has 0 bridgehead atoms. The molecule has 138 valence electrons. The molecular formula is C22H29N3O. The maximum atomic E-state index is 12.9. The zero-order valence-corrected chi connectivity index (χ0v) is 16.5. The van der Waals surface area contributed by atoms with E-state index in [4.69, 9.17) is 6.92 Å². The van der Waals surface area contributed by atoms with Crippen molar-refractivity contribution in [2.24, 2.45) is 0 Å². The van der Waals surface area contributed by atoms with E-state index in [-0.39, 0.29) is 5.91 Å². The van der Waals surface area contributed by atoms with Crippen molar-refractivity contribution in [3.8, 4) is 0 Å². The third-order valence-electron chi connectivity index (χ3n) is 4.44. The lowest BCUT2D eigenvalue weighted by Gasteiger charge is -2.23. The molecule has 4 nitrogen and oxygen atoms in total. The Kier molecular flexibility index (Phi) is 6.81. The molecule has 2 rings (SSSR count). The molecule has 0 saturated carbocycles. The van der Waals surface area contributed by atoms with E-state index < -0.39 is 0 Å². The van der Waals surface area contributed by atoms with E-state index in [0.717, 1.165) is 36.3 Å². The molecule has 0 aliphatic heterocycles. The molecular weight excluding hydrogens is 322 g/mol. The second-order valence-electron chi connectivity index (χ2n) is 7.12. The molecule has 0 fully saturated rings. The third kappa shape index (κ3) is 5.33. The number of hydrogen-bond acceptors (Lipinski definition) is 3. The van der Waals surface area contributed by atoms with Crippen molar-refractivity contribution in [2.75, 3.05) is 44.4 Å². The van der Waals surface area contributed by atoms with Gasteiger partial charge in [0.05, 0.1) is 5.56 Å². The second-order valence-corrected chi connectivity index (χ2v) is 7.12. The highest BCUT2D eigenvalue weighted by atomic mass is 16.1. The fourth-order valence-corrected chi connectivity index (χ4v) is 2.83. The molecule has 26 heavy (non-hydrogen) atoms. The fourth-order valence-electron chi connectivity index (χ4n) is 2.83. The van der Waals surface area contributed by atoms with Gasteiger partial charge in [-0.15, -0.1) is 0 Å². The van der Waals surface area contributed by atoms with Gasteiger partial charge in [0.15, 0.2) is 0 Å². The van der Waals surface area contributed by atoms with Gasteiger partial charge in [-0.25, -0.2) is 0 Å². The summed E-state index contributed by atoms with van der Waals surface area (Å²) < 4.78 is 0.